The van der Waals surface area contributed by atoms with E-state index in [2.05, 4.69) is 43.0 Å². The Morgan fingerprint density at radius 2 is 2.19 bits per heavy atom. The van der Waals surface area contributed by atoms with Crippen molar-refractivity contribution in [2.45, 2.75) is 32.7 Å². The maximum atomic E-state index is 6.12. The standard InChI is InChI=1S/C14H22N2/c1-3-12-8-13(15)10-16(9-12)14-6-4-5-11(2)7-14/h4-7,12-13H,3,8-10,15H2,1-2H3. The van der Waals surface area contributed by atoms with Gasteiger partial charge in [-0.3, -0.25) is 0 Å². The smallest absolute Gasteiger partial charge is 0.0369 e. The van der Waals surface area contributed by atoms with E-state index >= 15 is 0 Å². The quantitative estimate of drug-likeness (QED) is 0.826. The van der Waals surface area contributed by atoms with Crippen molar-refractivity contribution in [1.82, 2.24) is 0 Å². The van der Waals surface area contributed by atoms with Gasteiger partial charge >= 0.3 is 0 Å². The van der Waals surface area contributed by atoms with Gasteiger partial charge in [0.05, 0.1) is 0 Å². The monoisotopic (exact) mass is 218 g/mol. The lowest BCUT2D eigenvalue weighted by Gasteiger charge is -2.37. The molecule has 0 aromatic heterocycles. The number of rotatable bonds is 2. The molecule has 1 saturated heterocycles. The predicted octanol–water partition coefficient (Wildman–Crippen LogP) is 2.56. The summed E-state index contributed by atoms with van der Waals surface area (Å²) in [6.07, 6.45) is 2.41. The molecule has 2 rings (SSSR count). The lowest BCUT2D eigenvalue weighted by atomic mass is 9.92. The van der Waals surface area contributed by atoms with Crippen LogP contribution in [0.2, 0.25) is 0 Å². The van der Waals surface area contributed by atoms with E-state index in [-0.39, 0.29) is 0 Å². The molecule has 88 valence electrons. The first-order valence-electron chi connectivity index (χ1n) is 6.26. The van der Waals surface area contributed by atoms with Gasteiger partial charge in [0.1, 0.15) is 0 Å². The van der Waals surface area contributed by atoms with Crippen molar-refractivity contribution in [2.75, 3.05) is 18.0 Å². The molecular weight excluding hydrogens is 196 g/mol. The van der Waals surface area contributed by atoms with Crippen molar-refractivity contribution in [2.24, 2.45) is 11.7 Å². The minimum absolute atomic E-state index is 0.333. The lowest BCUT2D eigenvalue weighted by molar-refractivity contribution is 0.368. The molecule has 1 fully saturated rings. The molecule has 2 heteroatoms. The summed E-state index contributed by atoms with van der Waals surface area (Å²) in [5, 5.41) is 0. The SMILES string of the molecule is CCC1CC(N)CN(c2cccc(C)c2)C1. The number of anilines is 1. The number of aryl methyl sites for hydroxylation is 1. The van der Waals surface area contributed by atoms with E-state index in [9.17, 15) is 0 Å². The molecule has 1 aliphatic heterocycles. The van der Waals surface area contributed by atoms with Gasteiger partial charge in [0.15, 0.2) is 0 Å². The van der Waals surface area contributed by atoms with Gasteiger partial charge in [0.2, 0.25) is 0 Å². The van der Waals surface area contributed by atoms with Crippen LogP contribution in [-0.4, -0.2) is 19.1 Å². The van der Waals surface area contributed by atoms with Crippen LogP contribution in [0.1, 0.15) is 25.3 Å². The van der Waals surface area contributed by atoms with Crippen molar-refractivity contribution >= 4 is 5.69 Å². The average molecular weight is 218 g/mol. The number of hydrogen-bond acceptors (Lipinski definition) is 2. The molecule has 1 aliphatic rings. The van der Waals surface area contributed by atoms with Gasteiger partial charge in [0.25, 0.3) is 0 Å². The van der Waals surface area contributed by atoms with Crippen LogP contribution in [0, 0.1) is 12.8 Å². The molecule has 2 unspecified atom stereocenters. The Morgan fingerprint density at radius 3 is 2.88 bits per heavy atom. The fourth-order valence-electron chi connectivity index (χ4n) is 2.58. The third kappa shape index (κ3) is 2.56. The Balaban J connectivity index is 2.14. The Morgan fingerprint density at radius 1 is 1.38 bits per heavy atom. The molecule has 2 nitrogen and oxygen atoms in total. The van der Waals surface area contributed by atoms with Crippen LogP contribution >= 0.6 is 0 Å². The zero-order valence-corrected chi connectivity index (χ0v) is 10.3. The second-order valence-corrected chi connectivity index (χ2v) is 5.01. The summed E-state index contributed by atoms with van der Waals surface area (Å²) in [6, 6.07) is 9.05. The Hall–Kier alpha value is -1.02. The van der Waals surface area contributed by atoms with Crippen molar-refractivity contribution < 1.29 is 0 Å². The normalized spacial score (nSPS) is 25.8. The van der Waals surface area contributed by atoms with Crippen LogP contribution in [-0.2, 0) is 0 Å². The minimum atomic E-state index is 0.333. The van der Waals surface area contributed by atoms with Crippen LogP contribution in [0.3, 0.4) is 0 Å². The Labute approximate surface area is 98.4 Å². The number of nitrogens with zero attached hydrogens (tertiary/aromatic N) is 1. The van der Waals surface area contributed by atoms with Crippen molar-refractivity contribution in [3.8, 4) is 0 Å². The highest BCUT2D eigenvalue weighted by Crippen LogP contribution is 2.24. The molecule has 1 heterocycles. The first kappa shape index (κ1) is 11.5. The Kier molecular flexibility index (Phi) is 3.49. The predicted molar refractivity (Wildman–Crippen MR) is 69.8 cm³/mol. The van der Waals surface area contributed by atoms with Crippen molar-refractivity contribution in [1.29, 1.82) is 0 Å². The fraction of sp³-hybridized carbons (Fsp3) is 0.571. The van der Waals surface area contributed by atoms with E-state index < -0.39 is 0 Å². The van der Waals surface area contributed by atoms with E-state index in [1.807, 2.05) is 0 Å². The third-order valence-corrected chi connectivity index (χ3v) is 3.51. The largest absolute Gasteiger partial charge is 0.370 e. The van der Waals surface area contributed by atoms with Crippen LogP contribution < -0.4 is 10.6 Å². The molecule has 2 N–H and O–H groups in total. The number of nitrogens with two attached hydrogens (primary N) is 1. The molecule has 1 aromatic carbocycles. The molecule has 1 aromatic rings. The van der Waals surface area contributed by atoms with Gasteiger partial charge in [-0.2, -0.15) is 0 Å². The molecule has 0 spiro atoms. The summed E-state index contributed by atoms with van der Waals surface area (Å²) in [5.74, 6) is 0.754. The summed E-state index contributed by atoms with van der Waals surface area (Å²) in [4.78, 5) is 2.44. The summed E-state index contributed by atoms with van der Waals surface area (Å²) in [6.45, 7) is 6.56. The number of hydrogen-bond donors (Lipinski definition) is 1. The van der Waals surface area contributed by atoms with Crippen LogP contribution in [0.5, 0.6) is 0 Å². The zero-order valence-electron chi connectivity index (χ0n) is 10.3. The topological polar surface area (TPSA) is 29.3 Å². The highest BCUT2D eigenvalue weighted by atomic mass is 15.2. The van der Waals surface area contributed by atoms with Crippen molar-refractivity contribution in [3.63, 3.8) is 0 Å². The highest BCUT2D eigenvalue weighted by molar-refractivity contribution is 5.49. The van der Waals surface area contributed by atoms with Gasteiger partial charge in [-0.15, -0.1) is 0 Å². The highest BCUT2D eigenvalue weighted by Gasteiger charge is 2.23. The number of benzene rings is 1. The maximum Gasteiger partial charge on any atom is 0.0369 e. The van der Waals surface area contributed by atoms with Crippen LogP contribution in [0.25, 0.3) is 0 Å². The molecule has 0 aliphatic carbocycles. The van der Waals surface area contributed by atoms with E-state index in [0.717, 1.165) is 19.0 Å². The van der Waals surface area contributed by atoms with Crippen LogP contribution in [0.15, 0.2) is 24.3 Å². The van der Waals surface area contributed by atoms with E-state index in [0.29, 0.717) is 6.04 Å². The van der Waals surface area contributed by atoms with E-state index in [1.54, 1.807) is 0 Å². The van der Waals surface area contributed by atoms with Gasteiger partial charge in [-0.05, 0) is 37.0 Å². The third-order valence-electron chi connectivity index (χ3n) is 3.51. The van der Waals surface area contributed by atoms with E-state index in [1.165, 1.54) is 24.1 Å². The summed E-state index contributed by atoms with van der Waals surface area (Å²) in [5.41, 5.74) is 8.78. The molecule has 0 saturated carbocycles. The first-order chi connectivity index (χ1) is 7.69. The maximum absolute atomic E-state index is 6.12. The van der Waals surface area contributed by atoms with Gasteiger partial charge < -0.3 is 10.6 Å². The lowest BCUT2D eigenvalue weighted by Crippen LogP contribution is -2.47. The molecule has 0 radical (unpaired) electrons. The summed E-state index contributed by atoms with van der Waals surface area (Å²) < 4.78 is 0. The van der Waals surface area contributed by atoms with Gasteiger partial charge in [-0.25, -0.2) is 0 Å². The van der Waals surface area contributed by atoms with Gasteiger partial charge in [-0.1, -0.05) is 25.5 Å². The average Bonchev–Trinajstić information content (AvgIpc) is 2.28. The van der Waals surface area contributed by atoms with Crippen molar-refractivity contribution in [3.05, 3.63) is 29.8 Å². The molecule has 16 heavy (non-hydrogen) atoms. The fourth-order valence-corrected chi connectivity index (χ4v) is 2.58. The minimum Gasteiger partial charge on any atom is -0.370 e. The zero-order chi connectivity index (χ0) is 11.5. The Bertz CT molecular complexity index is 348. The van der Waals surface area contributed by atoms with E-state index in [4.69, 9.17) is 5.73 Å². The molecular formula is C14H22N2. The summed E-state index contributed by atoms with van der Waals surface area (Å²) >= 11 is 0. The van der Waals surface area contributed by atoms with Crippen LogP contribution in [0.4, 0.5) is 5.69 Å². The second kappa shape index (κ2) is 4.88. The molecule has 2 atom stereocenters. The second-order valence-electron chi connectivity index (χ2n) is 5.01. The molecule has 0 bridgehead atoms. The number of piperidine rings is 1. The molecule has 0 amide bonds. The first-order valence-corrected chi connectivity index (χ1v) is 6.26. The van der Waals surface area contributed by atoms with Gasteiger partial charge in [0, 0.05) is 24.8 Å². The summed E-state index contributed by atoms with van der Waals surface area (Å²) in [7, 11) is 0.